The average Bonchev–Trinajstić information content (AvgIpc) is 1.81. The van der Waals surface area contributed by atoms with E-state index in [0.717, 1.165) is 12.1 Å². The number of allylic oxidation sites excluding steroid dienone is 1. The van der Waals surface area contributed by atoms with Crippen molar-refractivity contribution in [3.8, 4) is 0 Å². The van der Waals surface area contributed by atoms with Crippen molar-refractivity contribution in [2.75, 3.05) is 0 Å². The first-order chi connectivity index (χ1) is 4.57. The standard InChI is InChI=1S/C9H17N/c1-6-9(7(2)3)10-8(4)5/h9-10H,2,4,6H2,1,3,5H3. The molecule has 0 amide bonds. The highest BCUT2D eigenvalue weighted by molar-refractivity contribution is 5.05. The van der Waals surface area contributed by atoms with Gasteiger partial charge in [0.1, 0.15) is 0 Å². The lowest BCUT2D eigenvalue weighted by Crippen LogP contribution is -2.26. The molecule has 1 atom stereocenters. The van der Waals surface area contributed by atoms with Crippen LogP contribution in [0, 0.1) is 0 Å². The topological polar surface area (TPSA) is 12.0 Å². The second-order valence-corrected chi connectivity index (χ2v) is 2.73. The van der Waals surface area contributed by atoms with E-state index in [1.165, 1.54) is 5.57 Å². The molecule has 0 radical (unpaired) electrons. The molecule has 1 unspecified atom stereocenters. The van der Waals surface area contributed by atoms with Crippen molar-refractivity contribution in [2.24, 2.45) is 0 Å². The van der Waals surface area contributed by atoms with Crippen LogP contribution >= 0.6 is 0 Å². The molecule has 0 saturated carbocycles. The van der Waals surface area contributed by atoms with Crippen LogP contribution in [-0.2, 0) is 0 Å². The quantitative estimate of drug-likeness (QED) is 0.590. The van der Waals surface area contributed by atoms with Crippen molar-refractivity contribution in [3.05, 3.63) is 24.4 Å². The Bertz CT molecular complexity index is 136. The summed E-state index contributed by atoms with van der Waals surface area (Å²) in [4.78, 5) is 0. The summed E-state index contributed by atoms with van der Waals surface area (Å²) in [5, 5.41) is 3.23. The van der Waals surface area contributed by atoms with Gasteiger partial charge in [-0.05, 0) is 20.3 Å². The molecule has 0 aromatic rings. The molecule has 0 aromatic carbocycles. The van der Waals surface area contributed by atoms with E-state index < -0.39 is 0 Å². The fourth-order valence-corrected chi connectivity index (χ4v) is 0.871. The zero-order valence-corrected chi connectivity index (χ0v) is 7.20. The molecule has 0 saturated heterocycles. The molecular formula is C9H17N. The molecule has 1 N–H and O–H groups in total. The lowest BCUT2D eigenvalue weighted by atomic mass is 10.1. The fraction of sp³-hybridized carbons (Fsp3) is 0.556. The number of rotatable bonds is 4. The summed E-state index contributed by atoms with van der Waals surface area (Å²) in [7, 11) is 0. The molecule has 0 aliphatic carbocycles. The lowest BCUT2D eigenvalue weighted by molar-refractivity contribution is 0.622. The highest BCUT2D eigenvalue weighted by Crippen LogP contribution is 2.03. The van der Waals surface area contributed by atoms with Crippen LogP contribution in [-0.4, -0.2) is 6.04 Å². The minimum atomic E-state index is 0.400. The minimum Gasteiger partial charge on any atom is -0.383 e. The van der Waals surface area contributed by atoms with Crippen molar-refractivity contribution in [1.82, 2.24) is 5.32 Å². The van der Waals surface area contributed by atoms with Crippen molar-refractivity contribution in [1.29, 1.82) is 0 Å². The van der Waals surface area contributed by atoms with E-state index in [9.17, 15) is 0 Å². The SMILES string of the molecule is C=C(C)NC(CC)C(=C)C. The van der Waals surface area contributed by atoms with Crippen molar-refractivity contribution < 1.29 is 0 Å². The smallest absolute Gasteiger partial charge is 0.0462 e. The van der Waals surface area contributed by atoms with Gasteiger partial charge in [-0.15, -0.1) is 0 Å². The molecule has 0 rings (SSSR count). The molecule has 0 heterocycles. The summed E-state index contributed by atoms with van der Waals surface area (Å²) in [6.07, 6.45) is 1.07. The molecule has 0 aliphatic heterocycles. The monoisotopic (exact) mass is 139 g/mol. The Labute approximate surface area is 63.8 Å². The first-order valence-corrected chi connectivity index (χ1v) is 3.65. The predicted molar refractivity (Wildman–Crippen MR) is 46.8 cm³/mol. The maximum absolute atomic E-state index is 3.88. The van der Waals surface area contributed by atoms with Crippen LogP contribution in [0.3, 0.4) is 0 Å². The van der Waals surface area contributed by atoms with Gasteiger partial charge in [-0.25, -0.2) is 0 Å². The Hall–Kier alpha value is -0.720. The maximum atomic E-state index is 3.88. The normalized spacial score (nSPS) is 12.3. The Morgan fingerprint density at radius 3 is 2.00 bits per heavy atom. The highest BCUT2D eigenvalue weighted by atomic mass is 14.9. The molecule has 0 aromatic heterocycles. The fourth-order valence-electron chi connectivity index (χ4n) is 0.871. The van der Waals surface area contributed by atoms with Gasteiger partial charge in [-0.1, -0.05) is 25.7 Å². The van der Waals surface area contributed by atoms with Crippen molar-refractivity contribution in [3.63, 3.8) is 0 Å². The van der Waals surface area contributed by atoms with Gasteiger partial charge in [0.2, 0.25) is 0 Å². The van der Waals surface area contributed by atoms with Gasteiger partial charge >= 0.3 is 0 Å². The van der Waals surface area contributed by atoms with Crippen molar-refractivity contribution in [2.45, 2.75) is 33.2 Å². The molecule has 0 spiro atoms. The number of hydrogen-bond donors (Lipinski definition) is 1. The van der Waals surface area contributed by atoms with Crippen LogP contribution in [0.5, 0.6) is 0 Å². The van der Waals surface area contributed by atoms with E-state index in [-0.39, 0.29) is 0 Å². The van der Waals surface area contributed by atoms with Gasteiger partial charge in [0.15, 0.2) is 0 Å². The van der Waals surface area contributed by atoms with Crippen molar-refractivity contribution >= 4 is 0 Å². The Kier molecular flexibility index (Phi) is 3.85. The van der Waals surface area contributed by atoms with Crippen LogP contribution in [0.1, 0.15) is 27.2 Å². The molecule has 58 valence electrons. The third-order valence-corrected chi connectivity index (χ3v) is 1.42. The van der Waals surface area contributed by atoms with Crippen LogP contribution < -0.4 is 5.32 Å². The van der Waals surface area contributed by atoms with Gasteiger partial charge in [0, 0.05) is 11.7 Å². The summed E-state index contributed by atoms with van der Waals surface area (Å²) in [6.45, 7) is 13.8. The van der Waals surface area contributed by atoms with Crippen LogP contribution in [0.25, 0.3) is 0 Å². The molecule has 1 nitrogen and oxygen atoms in total. The Balaban J connectivity index is 3.83. The van der Waals surface area contributed by atoms with Crippen LogP contribution in [0.4, 0.5) is 0 Å². The van der Waals surface area contributed by atoms with E-state index in [4.69, 9.17) is 0 Å². The zero-order chi connectivity index (χ0) is 8.15. The lowest BCUT2D eigenvalue weighted by Gasteiger charge is -2.17. The van der Waals surface area contributed by atoms with Gasteiger partial charge in [-0.2, -0.15) is 0 Å². The summed E-state index contributed by atoms with van der Waals surface area (Å²) in [6, 6.07) is 0.400. The van der Waals surface area contributed by atoms with Crippen LogP contribution in [0.2, 0.25) is 0 Å². The largest absolute Gasteiger partial charge is 0.383 e. The van der Waals surface area contributed by atoms with Gasteiger partial charge < -0.3 is 5.32 Å². The van der Waals surface area contributed by atoms with E-state index in [0.29, 0.717) is 6.04 Å². The zero-order valence-electron chi connectivity index (χ0n) is 7.20. The average molecular weight is 139 g/mol. The van der Waals surface area contributed by atoms with E-state index in [1.807, 2.05) is 13.8 Å². The summed E-state index contributed by atoms with van der Waals surface area (Å²) < 4.78 is 0. The second-order valence-electron chi connectivity index (χ2n) is 2.73. The number of nitrogens with one attached hydrogen (secondary N) is 1. The molecule has 1 heteroatoms. The van der Waals surface area contributed by atoms with Gasteiger partial charge in [0.25, 0.3) is 0 Å². The summed E-state index contributed by atoms with van der Waals surface area (Å²) >= 11 is 0. The van der Waals surface area contributed by atoms with E-state index >= 15 is 0 Å². The molecule has 10 heavy (non-hydrogen) atoms. The molecule has 0 aliphatic rings. The van der Waals surface area contributed by atoms with E-state index in [1.54, 1.807) is 0 Å². The summed E-state index contributed by atoms with van der Waals surface area (Å²) in [5.74, 6) is 0. The Morgan fingerprint density at radius 1 is 1.40 bits per heavy atom. The molecular weight excluding hydrogens is 122 g/mol. The molecule has 0 bridgehead atoms. The first kappa shape index (κ1) is 9.28. The van der Waals surface area contributed by atoms with Gasteiger partial charge in [-0.3, -0.25) is 0 Å². The predicted octanol–water partition coefficient (Wildman–Crippen LogP) is 2.46. The number of hydrogen-bond acceptors (Lipinski definition) is 1. The second kappa shape index (κ2) is 4.15. The van der Waals surface area contributed by atoms with E-state index in [2.05, 4.69) is 25.4 Å². The Morgan fingerprint density at radius 2 is 1.90 bits per heavy atom. The van der Waals surface area contributed by atoms with Gasteiger partial charge in [0.05, 0.1) is 0 Å². The summed E-state index contributed by atoms with van der Waals surface area (Å²) in [5.41, 5.74) is 2.18. The first-order valence-electron chi connectivity index (χ1n) is 3.65. The van der Waals surface area contributed by atoms with Crippen LogP contribution in [0.15, 0.2) is 24.4 Å². The minimum absolute atomic E-state index is 0.400. The highest BCUT2D eigenvalue weighted by Gasteiger charge is 2.03. The maximum Gasteiger partial charge on any atom is 0.0462 e. The third-order valence-electron chi connectivity index (χ3n) is 1.42. The molecule has 0 fully saturated rings. The third kappa shape index (κ3) is 3.33.